The number of hydrogen-bond acceptors (Lipinski definition) is 17. The lowest BCUT2D eigenvalue weighted by Crippen LogP contribution is -2.65. The Morgan fingerprint density at radius 3 is 1.79 bits per heavy atom. The monoisotopic (exact) mass is 801 g/mol. The summed E-state index contributed by atoms with van der Waals surface area (Å²) in [5.41, 5.74) is 0.277. The molecule has 10 unspecified atom stereocenters. The Bertz CT molecular complexity index is 1990. The van der Waals surface area contributed by atoms with Gasteiger partial charge in [-0.05, 0) is 42.8 Å². The van der Waals surface area contributed by atoms with Crippen LogP contribution in [0, 0.1) is 5.92 Å². The Balaban J connectivity index is 1.48. The molecule has 0 N–H and O–H groups in total. The number of rotatable bonds is 12. The summed E-state index contributed by atoms with van der Waals surface area (Å²) in [6.07, 6.45) is -12.0. The predicted molar refractivity (Wildman–Crippen MR) is 193 cm³/mol. The van der Waals surface area contributed by atoms with E-state index in [1.54, 1.807) is 31.2 Å². The largest absolute Gasteiger partial charge is 0.463 e. The van der Waals surface area contributed by atoms with Gasteiger partial charge in [0.25, 0.3) is 5.56 Å². The van der Waals surface area contributed by atoms with Crippen LogP contribution in [0.15, 0.2) is 53.3 Å². The molecule has 0 aliphatic carbocycles. The van der Waals surface area contributed by atoms with Crippen molar-refractivity contribution in [2.75, 3.05) is 6.61 Å². The van der Waals surface area contributed by atoms with E-state index < -0.39 is 104 Å². The molecule has 18 heteroatoms. The molecule has 10 atom stereocenters. The number of hydrogen-bond donors (Lipinski definition) is 0. The third-order valence-corrected chi connectivity index (χ3v) is 10.1. The van der Waals surface area contributed by atoms with Crippen molar-refractivity contribution in [3.8, 4) is 5.69 Å². The van der Waals surface area contributed by atoms with Gasteiger partial charge in [-0.25, -0.2) is 8.75 Å². The molecule has 3 aromatic rings. The Hall–Kier alpha value is -5.17. The van der Waals surface area contributed by atoms with E-state index in [1.807, 2.05) is 19.1 Å². The van der Waals surface area contributed by atoms with Crippen LogP contribution in [0.25, 0.3) is 15.8 Å². The molecular weight excluding hydrogens is 758 g/mol. The topological polar surface area (TPSA) is 207 Å². The zero-order chi connectivity index (χ0) is 40.8. The predicted octanol–water partition coefficient (Wildman–Crippen LogP) is 3.38. The summed E-state index contributed by atoms with van der Waals surface area (Å²) < 4.78 is 54.4. The third kappa shape index (κ3) is 9.79. The highest BCUT2D eigenvalue weighted by Gasteiger charge is 2.56. The van der Waals surface area contributed by atoms with Crippen LogP contribution >= 0.6 is 11.5 Å². The minimum absolute atomic E-state index is 0.0168. The minimum atomic E-state index is -1.77. The summed E-state index contributed by atoms with van der Waals surface area (Å²) in [7, 11) is 0. The van der Waals surface area contributed by atoms with Gasteiger partial charge in [-0.15, -0.1) is 0 Å². The van der Waals surface area contributed by atoms with Crippen LogP contribution in [0.2, 0.25) is 0 Å². The van der Waals surface area contributed by atoms with Gasteiger partial charge in [0.1, 0.15) is 24.9 Å². The normalized spacial score (nSPS) is 27.4. The van der Waals surface area contributed by atoms with Crippen LogP contribution < -0.4 is 5.56 Å². The number of benzene rings is 2. The summed E-state index contributed by atoms with van der Waals surface area (Å²) in [5, 5.41) is 0.542. The molecular formula is C38H43NO16S. The van der Waals surface area contributed by atoms with E-state index in [-0.39, 0.29) is 11.1 Å². The summed E-state index contributed by atoms with van der Waals surface area (Å²) in [4.78, 5) is 88.3. The van der Waals surface area contributed by atoms with Gasteiger partial charge in [0.05, 0.1) is 27.4 Å². The molecule has 0 radical (unpaired) electrons. The second-order valence-electron chi connectivity index (χ2n) is 13.2. The van der Waals surface area contributed by atoms with Gasteiger partial charge in [-0.1, -0.05) is 37.5 Å². The molecule has 17 nitrogen and oxygen atoms in total. The number of carbonyl (C=O) groups is 6. The van der Waals surface area contributed by atoms with Crippen molar-refractivity contribution in [2.24, 2.45) is 5.92 Å². The number of fused-ring (bicyclic) bond motifs is 1. The first-order valence-corrected chi connectivity index (χ1v) is 18.6. The summed E-state index contributed by atoms with van der Waals surface area (Å²) >= 11 is 1.23. The first kappa shape index (κ1) is 42.0. The van der Waals surface area contributed by atoms with Crippen molar-refractivity contribution < 1.29 is 71.4 Å². The molecule has 2 aliphatic heterocycles. The van der Waals surface area contributed by atoms with Gasteiger partial charge in [-0.2, -0.15) is 0 Å². The van der Waals surface area contributed by atoms with Crippen LogP contribution in [0.4, 0.5) is 0 Å². The Morgan fingerprint density at radius 2 is 1.21 bits per heavy atom. The third-order valence-electron chi connectivity index (χ3n) is 9.00. The standard InChI is InChI=1S/C38H43NO16S/c1-8-27-18(2)30(48-20(4)41)33(50-22(6)43)37(52-27)54-31-28(17-47-19(3)40)53-38(34(51-23(7)44)32(31)49-21(5)42)55-36(46)24-13-15-25(16-14-24)39-35(45)26-11-9-10-12-29(26)56-39/h9-16,18,27-28,30-34,37-38H,8,17H2,1-7H3. The van der Waals surface area contributed by atoms with Crippen molar-refractivity contribution in [1.29, 1.82) is 0 Å². The van der Waals surface area contributed by atoms with Crippen LogP contribution in [0.3, 0.4) is 0 Å². The van der Waals surface area contributed by atoms with Crippen molar-refractivity contribution in [3.05, 3.63) is 64.4 Å². The van der Waals surface area contributed by atoms with Crippen LogP contribution in [-0.4, -0.2) is 102 Å². The lowest BCUT2D eigenvalue weighted by molar-refractivity contribution is -0.350. The SMILES string of the molecule is CCC1OC(OC2C(COC(C)=O)OC(OC(=O)c3ccc(-n4sc5ccccc5c4=O)cc3)C(OC(C)=O)C2OC(C)=O)C(OC(C)=O)C(OC(C)=O)C1C. The van der Waals surface area contributed by atoms with E-state index in [2.05, 4.69) is 0 Å². The molecule has 56 heavy (non-hydrogen) atoms. The van der Waals surface area contributed by atoms with E-state index in [4.69, 9.17) is 42.6 Å². The summed E-state index contributed by atoms with van der Waals surface area (Å²) in [6, 6.07) is 13.1. The van der Waals surface area contributed by atoms with E-state index >= 15 is 0 Å². The molecule has 1 aromatic heterocycles. The number of esters is 6. The van der Waals surface area contributed by atoms with Gasteiger partial charge in [0, 0.05) is 40.5 Å². The maximum atomic E-state index is 13.6. The van der Waals surface area contributed by atoms with Gasteiger partial charge in [0.15, 0.2) is 18.5 Å². The Morgan fingerprint density at radius 1 is 0.661 bits per heavy atom. The molecule has 0 bridgehead atoms. The number of carbonyl (C=O) groups excluding carboxylic acids is 6. The number of ether oxygens (including phenoxy) is 9. The maximum absolute atomic E-state index is 13.6. The fraction of sp³-hybridized carbons (Fsp3) is 0.500. The number of nitrogens with zero attached hydrogens (tertiary/aromatic N) is 1. The summed E-state index contributed by atoms with van der Waals surface area (Å²) in [6.45, 7) is 8.62. The van der Waals surface area contributed by atoms with Crippen molar-refractivity contribution in [1.82, 2.24) is 3.96 Å². The molecule has 5 rings (SSSR count). The van der Waals surface area contributed by atoms with Gasteiger partial charge in [-0.3, -0.25) is 28.8 Å². The van der Waals surface area contributed by atoms with E-state index in [1.165, 1.54) is 34.5 Å². The second kappa shape index (κ2) is 18.2. The van der Waals surface area contributed by atoms with Crippen LogP contribution in [0.5, 0.6) is 0 Å². The van der Waals surface area contributed by atoms with Crippen molar-refractivity contribution >= 4 is 57.4 Å². The minimum Gasteiger partial charge on any atom is -0.463 e. The number of aromatic nitrogens is 1. The maximum Gasteiger partial charge on any atom is 0.340 e. The average Bonchev–Trinajstić information content (AvgIpc) is 3.47. The highest BCUT2D eigenvalue weighted by Crippen LogP contribution is 2.37. The zero-order valence-corrected chi connectivity index (χ0v) is 32.5. The molecule has 0 saturated carbocycles. The average molecular weight is 802 g/mol. The summed E-state index contributed by atoms with van der Waals surface area (Å²) in [5.74, 6) is -5.33. The first-order valence-electron chi connectivity index (χ1n) is 17.8. The fourth-order valence-corrected chi connectivity index (χ4v) is 7.61. The van der Waals surface area contributed by atoms with Gasteiger partial charge in [0.2, 0.25) is 12.4 Å². The molecule has 0 spiro atoms. The highest BCUT2D eigenvalue weighted by molar-refractivity contribution is 7.14. The smallest absolute Gasteiger partial charge is 0.340 e. The molecule has 2 aliphatic rings. The molecule has 3 heterocycles. The molecule has 2 saturated heterocycles. The van der Waals surface area contributed by atoms with Crippen LogP contribution in [-0.2, 0) is 66.6 Å². The van der Waals surface area contributed by atoms with E-state index in [0.717, 1.165) is 32.4 Å². The van der Waals surface area contributed by atoms with E-state index in [9.17, 15) is 33.6 Å². The van der Waals surface area contributed by atoms with Gasteiger partial charge < -0.3 is 42.6 Å². The zero-order valence-electron chi connectivity index (χ0n) is 31.7. The fourth-order valence-electron chi connectivity index (χ4n) is 6.61. The van der Waals surface area contributed by atoms with Crippen molar-refractivity contribution in [2.45, 2.75) is 110 Å². The lowest BCUT2D eigenvalue weighted by Gasteiger charge is -2.48. The van der Waals surface area contributed by atoms with Crippen molar-refractivity contribution in [3.63, 3.8) is 0 Å². The molecule has 2 aromatic carbocycles. The molecule has 0 amide bonds. The Labute approximate surface area is 325 Å². The van der Waals surface area contributed by atoms with Gasteiger partial charge >= 0.3 is 35.8 Å². The highest BCUT2D eigenvalue weighted by atomic mass is 32.1. The lowest BCUT2D eigenvalue weighted by atomic mass is 9.88. The van der Waals surface area contributed by atoms with E-state index in [0.29, 0.717) is 17.5 Å². The molecule has 2 fully saturated rings. The first-order chi connectivity index (χ1) is 26.6. The molecule has 302 valence electrons. The Kier molecular flexibility index (Phi) is 13.6. The second-order valence-corrected chi connectivity index (χ2v) is 14.2. The van der Waals surface area contributed by atoms with Crippen LogP contribution in [0.1, 0.15) is 65.2 Å². The quantitative estimate of drug-likeness (QED) is 0.190.